The second kappa shape index (κ2) is 6.70. The topological polar surface area (TPSA) is 9.23 Å². The van der Waals surface area contributed by atoms with Crippen molar-refractivity contribution in [3.63, 3.8) is 0 Å². The van der Waals surface area contributed by atoms with Gasteiger partial charge < -0.3 is 4.74 Å². The van der Waals surface area contributed by atoms with Gasteiger partial charge in [-0.3, -0.25) is 0 Å². The summed E-state index contributed by atoms with van der Waals surface area (Å²) >= 11 is 7.99. The zero-order chi connectivity index (χ0) is 18.4. The van der Waals surface area contributed by atoms with E-state index in [9.17, 15) is 0 Å². The quantitative estimate of drug-likeness (QED) is 0.345. The first-order chi connectivity index (χ1) is 13.2. The van der Waals surface area contributed by atoms with E-state index in [1.54, 1.807) is 0 Å². The third-order valence-electron chi connectivity index (χ3n) is 5.46. The smallest absolute Gasteiger partial charge is 0.127 e. The molecule has 0 aliphatic carbocycles. The van der Waals surface area contributed by atoms with Crippen LogP contribution < -0.4 is 4.74 Å². The van der Waals surface area contributed by atoms with E-state index < -0.39 is 0 Å². The molecule has 0 saturated carbocycles. The molecule has 2 heterocycles. The molecule has 3 aromatic carbocycles. The molecule has 0 radical (unpaired) electrons. The van der Waals surface area contributed by atoms with Crippen LogP contribution in [0.1, 0.15) is 34.9 Å². The summed E-state index contributed by atoms with van der Waals surface area (Å²) < 4.78 is 7.80. The molecule has 134 valence electrons. The van der Waals surface area contributed by atoms with Crippen molar-refractivity contribution in [2.75, 3.05) is 0 Å². The monoisotopic (exact) mass is 390 g/mol. The van der Waals surface area contributed by atoms with Crippen LogP contribution in [0.15, 0.2) is 78.9 Å². The molecule has 3 heteroatoms. The van der Waals surface area contributed by atoms with Crippen molar-refractivity contribution in [1.29, 1.82) is 0 Å². The zero-order valence-corrected chi connectivity index (χ0v) is 16.5. The summed E-state index contributed by atoms with van der Waals surface area (Å²) in [6.45, 7) is 2.30. The zero-order valence-electron chi connectivity index (χ0n) is 14.9. The Labute approximate surface area is 168 Å². The van der Waals surface area contributed by atoms with Crippen molar-refractivity contribution in [2.45, 2.75) is 18.9 Å². The van der Waals surface area contributed by atoms with Crippen LogP contribution in [-0.4, -0.2) is 0 Å². The van der Waals surface area contributed by atoms with Crippen molar-refractivity contribution < 1.29 is 4.74 Å². The highest BCUT2D eigenvalue weighted by molar-refractivity contribution is 7.19. The predicted molar refractivity (Wildman–Crippen MR) is 114 cm³/mol. The molecule has 0 fully saturated rings. The molecule has 1 aromatic heterocycles. The molecule has 27 heavy (non-hydrogen) atoms. The number of fused-ring (bicyclic) bond motifs is 2. The lowest BCUT2D eigenvalue weighted by molar-refractivity contribution is 0.112. The van der Waals surface area contributed by atoms with Crippen LogP contribution in [0.25, 0.3) is 10.1 Å². The fourth-order valence-corrected chi connectivity index (χ4v) is 5.56. The van der Waals surface area contributed by atoms with Gasteiger partial charge in [-0.2, -0.15) is 0 Å². The van der Waals surface area contributed by atoms with E-state index in [0.29, 0.717) is 11.8 Å². The summed E-state index contributed by atoms with van der Waals surface area (Å²) in [6.07, 6.45) is 0.00683. The summed E-state index contributed by atoms with van der Waals surface area (Å²) in [5.41, 5.74) is 2.45. The molecule has 5 rings (SSSR count). The Morgan fingerprint density at radius 1 is 0.889 bits per heavy atom. The van der Waals surface area contributed by atoms with Crippen molar-refractivity contribution in [2.24, 2.45) is 5.92 Å². The van der Waals surface area contributed by atoms with Gasteiger partial charge >= 0.3 is 0 Å². The molecule has 1 aliphatic rings. The van der Waals surface area contributed by atoms with Gasteiger partial charge in [-0.05, 0) is 41.3 Å². The SMILES string of the molecule is C[C@H]1[C@H](c2cc3ccccc3s2)c2ccccc2O[C@@H]1c1ccc(Cl)cc1. The van der Waals surface area contributed by atoms with Crippen LogP contribution in [0.5, 0.6) is 5.75 Å². The Morgan fingerprint density at radius 2 is 1.63 bits per heavy atom. The van der Waals surface area contributed by atoms with Crippen LogP contribution >= 0.6 is 22.9 Å². The molecular weight excluding hydrogens is 372 g/mol. The molecule has 0 bridgehead atoms. The number of benzene rings is 3. The standard InChI is InChI=1S/C24H19ClOS/c1-15-23(22-14-17-6-2-5-9-21(17)27-22)19-7-3-4-8-20(19)26-24(15)16-10-12-18(25)13-11-16/h2-15,23-24H,1H3/t15-,23-,24-/m0/s1. The Kier molecular flexibility index (Phi) is 4.18. The van der Waals surface area contributed by atoms with E-state index >= 15 is 0 Å². The maximum Gasteiger partial charge on any atom is 0.127 e. The molecule has 1 aliphatic heterocycles. The van der Waals surface area contributed by atoms with E-state index in [2.05, 4.69) is 73.7 Å². The predicted octanol–water partition coefficient (Wildman–Crippen LogP) is 7.46. The van der Waals surface area contributed by atoms with Crippen molar-refractivity contribution in [3.05, 3.63) is 99.9 Å². The van der Waals surface area contributed by atoms with E-state index in [-0.39, 0.29) is 6.10 Å². The molecule has 0 saturated heterocycles. The van der Waals surface area contributed by atoms with Gasteiger partial charge in [0, 0.05) is 32.0 Å². The fourth-order valence-electron chi connectivity index (χ4n) is 4.14. The minimum Gasteiger partial charge on any atom is -0.485 e. The average Bonchev–Trinajstić information content (AvgIpc) is 3.12. The lowest BCUT2D eigenvalue weighted by Crippen LogP contribution is -2.28. The molecule has 1 nitrogen and oxygen atoms in total. The number of ether oxygens (including phenoxy) is 1. The van der Waals surface area contributed by atoms with Crippen molar-refractivity contribution in [1.82, 2.24) is 0 Å². The number of rotatable bonds is 2. The molecule has 0 N–H and O–H groups in total. The second-order valence-electron chi connectivity index (χ2n) is 7.15. The third-order valence-corrected chi connectivity index (χ3v) is 6.91. The van der Waals surface area contributed by atoms with E-state index in [0.717, 1.165) is 10.8 Å². The van der Waals surface area contributed by atoms with E-state index in [4.69, 9.17) is 16.3 Å². The number of thiophene rings is 1. The largest absolute Gasteiger partial charge is 0.485 e. The first-order valence-corrected chi connectivity index (χ1v) is 10.4. The highest BCUT2D eigenvalue weighted by Crippen LogP contribution is 2.50. The molecular formula is C24H19ClOS. The van der Waals surface area contributed by atoms with Crippen molar-refractivity contribution >= 4 is 33.0 Å². The number of hydrogen-bond donors (Lipinski definition) is 0. The van der Waals surface area contributed by atoms with Crippen LogP contribution in [0.2, 0.25) is 5.02 Å². The van der Waals surface area contributed by atoms with E-state index in [1.165, 1.54) is 26.1 Å². The molecule has 3 atom stereocenters. The maximum atomic E-state index is 6.46. The molecule has 0 unspecified atom stereocenters. The molecule has 0 spiro atoms. The lowest BCUT2D eigenvalue weighted by atomic mass is 9.78. The molecule has 4 aromatic rings. The second-order valence-corrected chi connectivity index (χ2v) is 8.70. The summed E-state index contributed by atoms with van der Waals surface area (Å²) in [6, 6.07) is 27.5. The first-order valence-electron chi connectivity index (χ1n) is 9.20. The molecule has 0 amide bonds. The van der Waals surface area contributed by atoms with Crippen LogP contribution in [0.3, 0.4) is 0 Å². The van der Waals surface area contributed by atoms with E-state index in [1.807, 2.05) is 23.5 Å². The van der Waals surface area contributed by atoms with Gasteiger partial charge in [-0.25, -0.2) is 0 Å². The normalized spacial score (nSPS) is 21.6. The average molecular weight is 391 g/mol. The highest BCUT2D eigenvalue weighted by Gasteiger charge is 2.37. The van der Waals surface area contributed by atoms with Gasteiger partial charge in [0.25, 0.3) is 0 Å². The number of halogens is 1. The third kappa shape index (κ3) is 2.93. The van der Waals surface area contributed by atoms with Gasteiger partial charge in [-0.15, -0.1) is 11.3 Å². The number of hydrogen-bond acceptors (Lipinski definition) is 2. The minimum absolute atomic E-state index is 0.00683. The number of para-hydroxylation sites is 1. The van der Waals surface area contributed by atoms with Gasteiger partial charge in [-0.1, -0.05) is 67.1 Å². The Bertz CT molecular complexity index is 1070. The Balaban J connectivity index is 1.64. The Hall–Kier alpha value is -2.29. The minimum atomic E-state index is 0.00683. The summed E-state index contributed by atoms with van der Waals surface area (Å²) in [4.78, 5) is 1.40. The van der Waals surface area contributed by atoms with Crippen LogP contribution in [-0.2, 0) is 0 Å². The summed E-state index contributed by atoms with van der Waals surface area (Å²) in [7, 11) is 0. The van der Waals surface area contributed by atoms with Crippen LogP contribution in [0, 0.1) is 5.92 Å². The first kappa shape index (κ1) is 16.9. The van der Waals surface area contributed by atoms with Gasteiger partial charge in [0.2, 0.25) is 0 Å². The maximum absolute atomic E-state index is 6.46. The fraction of sp³-hybridized carbons (Fsp3) is 0.167. The van der Waals surface area contributed by atoms with Gasteiger partial charge in [0.05, 0.1) is 0 Å². The van der Waals surface area contributed by atoms with Gasteiger partial charge in [0.1, 0.15) is 11.9 Å². The highest BCUT2D eigenvalue weighted by atomic mass is 35.5. The lowest BCUT2D eigenvalue weighted by Gasteiger charge is -2.38. The Morgan fingerprint density at radius 3 is 2.44 bits per heavy atom. The van der Waals surface area contributed by atoms with Gasteiger partial charge in [0.15, 0.2) is 0 Å². The summed E-state index contributed by atoms with van der Waals surface area (Å²) in [5.74, 6) is 1.61. The van der Waals surface area contributed by atoms with Crippen LogP contribution in [0.4, 0.5) is 0 Å². The van der Waals surface area contributed by atoms with Crippen molar-refractivity contribution in [3.8, 4) is 5.75 Å². The summed E-state index contributed by atoms with van der Waals surface area (Å²) in [5, 5.41) is 2.07.